The predicted octanol–water partition coefficient (Wildman–Crippen LogP) is 2.75. The average molecular weight is 333 g/mol. The van der Waals surface area contributed by atoms with Crippen LogP contribution in [0.5, 0.6) is 11.5 Å². The zero-order valence-electron chi connectivity index (χ0n) is 14.0. The quantitative estimate of drug-likeness (QED) is 0.749. The Bertz CT molecular complexity index is 609. The number of hydrogen-bond acceptors (Lipinski definition) is 5. The standard InChI is InChI=1S/C18H23NO5/c1-2-22-17(20)9-10-19(14-5-3-4-6-14)18(21)13-7-8-15-16(11-13)24-12-23-15/h7-8,11,14H,2-6,9-10,12H2,1H3. The molecule has 6 nitrogen and oxygen atoms in total. The minimum atomic E-state index is -0.265. The lowest BCUT2D eigenvalue weighted by Gasteiger charge is -2.29. The van der Waals surface area contributed by atoms with Crippen molar-refractivity contribution in [2.24, 2.45) is 0 Å². The third-order valence-corrected chi connectivity index (χ3v) is 4.51. The van der Waals surface area contributed by atoms with E-state index in [0.717, 1.165) is 25.7 Å². The van der Waals surface area contributed by atoms with Gasteiger partial charge in [0.1, 0.15) is 0 Å². The summed E-state index contributed by atoms with van der Waals surface area (Å²) in [6.07, 6.45) is 4.43. The van der Waals surface area contributed by atoms with Crippen molar-refractivity contribution in [3.05, 3.63) is 23.8 Å². The van der Waals surface area contributed by atoms with Gasteiger partial charge in [0.2, 0.25) is 6.79 Å². The Kier molecular flexibility index (Phi) is 5.23. The number of benzene rings is 1. The zero-order valence-corrected chi connectivity index (χ0v) is 14.0. The van der Waals surface area contributed by atoms with Gasteiger partial charge in [0.05, 0.1) is 13.0 Å². The first-order valence-electron chi connectivity index (χ1n) is 8.55. The number of fused-ring (bicyclic) bond motifs is 1. The molecule has 1 aliphatic carbocycles. The molecular formula is C18H23NO5. The summed E-state index contributed by atoms with van der Waals surface area (Å²) in [7, 11) is 0. The summed E-state index contributed by atoms with van der Waals surface area (Å²) in [6.45, 7) is 2.71. The Hall–Kier alpha value is -2.24. The topological polar surface area (TPSA) is 65.1 Å². The summed E-state index contributed by atoms with van der Waals surface area (Å²) >= 11 is 0. The molecule has 0 unspecified atom stereocenters. The van der Waals surface area contributed by atoms with Crippen LogP contribution in [-0.2, 0) is 9.53 Å². The minimum Gasteiger partial charge on any atom is -0.466 e. The maximum absolute atomic E-state index is 13.0. The lowest BCUT2D eigenvalue weighted by atomic mass is 10.1. The molecule has 1 heterocycles. The fourth-order valence-electron chi connectivity index (χ4n) is 3.31. The van der Waals surface area contributed by atoms with Crippen molar-refractivity contribution in [2.75, 3.05) is 19.9 Å². The monoisotopic (exact) mass is 333 g/mol. The van der Waals surface area contributed by atoms with Gasteiger partial charge < -0.3 is 19.1 Å². The van der Waals surface area contributed by atoms with Crippen LogP contribution in [0.15, 0.2) is 18.2 Å². The van der Waals surface area contributed by atoms with Crippen molar-refractivity contribution in [1.29, 1.82) is 0 Å². The Balaban J connectivity index is 1.73. The molecule has 0 saturated heterocycles. The first-order chi connectivity index (χ1) is 11.7. The van der Waals surface area contributed by atoms with Crippen molar-refractivity contribution in [1.82, 2.24) is 4.90 Å². The highest BCUT2D eigenvalue weighted by molar-refractivity contribution is 5.95. The van der Waals surface area contributed by atoms with Crippen LogP contribution in [0.3, 0.4) is 0 Å². The van der Waals surface area contributed by atoms with Crippen molar-refractivity contribution in [3.8, 4) is 11.5 Å². The SMILES string of the molecule is CCOC(=O)CCN(C(=O)c1ccc2c(c1)OCO2)C1CCCC1. The summed E-state index contributed by atoms with van der Waals surface area (Å²) < 4.78 is 15.6. The Morgan fingerprint density at radius 3 is 2.71 bits per heavy atom. The molecule has 3 rings (SSSR count). The molecule has 6 heteroatoms. The number of nitrogens with zero attached hydrogens (tertiary/aromatic N) is 1. The highest BCUT2D eigenvalue weighted by atomic mass is 16.7. The highest BCUT2D eigenvalue weighted by Crippen LogP contribution is 2.33. The van der Waals surface area contributed by atoms with Crippen LogP contribution in [0.25, 0.3) is 0 Å². The second kappa shape index (κ2) is 7.55. The first-order valence-corrected chi connectivity index (χ1v) is 8.55. The first kappa shape index (κ1) is 16.6. The van der Waals surface area contributed by atoms with Crippen LogP contribution in [-0.4, -0.2) is 42.8 Å². The summed E-state index contributed by atoms with van der Waals surface area (Å²) in [5.74, 6) is 0.923. The van der Waals surface area contributed by atoms with Crippen LogP contribution in [0.1, 0.15) is 49.4 Å². The van der Waals surface area contributed by atoms with Gasteiger partial charge in [-0.1, -0.05) is 12.8 Å². The number of amides is 1. The molecule has 0 atom stereocenters. The summed E-state index contributed by atoms with van der Waals surface area (Å²) in [5, 5.41) is 0. The normalized spacial score (nSPS) is 16.2. The zero-order chi connectivity index (χ0) is 16.9. The van der Waals surface area contributed by atoms with Crippen molar-refractivity contribution in [3.63, 3.8) is 0 Å². The fraction of sp³-hybridized carbons (Fsp3) is 0.556. The molecule has 1 amide bonds. The number of carbonyl (C=O) groups excluding carboxylic acids is 2. The minimum absolute atomic E-state index is 0.0653. The van der Waals surface area contributed by atoms with Crippen molar-refractivity contribution < 1.29 is 23.8 Å². The van der Waals surface area contributed by atoms with Crippen molar-refractivity contribution >= 4 is 11.9 Å². The van der Waals surface area contributed by atoms with Gasteiger partial charge in [0, 0.05) is 18.2 Å². The molecule has 1 fully saturated rings. The summed E-state index contributed by atoms with van der Waals surface area (Å²) in [4.78, 5) is 26.5. The Morgan fingerprint density at radius 2 is 1.96 bits per heavy atom. The number of rotatable bonds is 6. The maximum Gasteiger partial charge on any atom is 0.307 e. The Morgan fingerprint density at radius 1 is 1.21 bits per heavy atom. The van der Waals surface area contributed by atoms with Gasteiger partial charge in [-0.25, -0.2) is 0 Å². The van der Waals surface area contributed by atoms with Gasteiger partial charge in [-0.15, -0.1) is 0 Å². The van der Waals surface area contributed by atoms with Crippen LogP contribution >= 0.6 is 0 Å². The highest BCUT2D eigenvalue weighted by Gasteiger charge is 2.29. The van der Waals surface area contributed by atoms with E-state index in [1.807, 2.05) is 4.90 Å². The summed E-state index contributed by atoms with van der Waals surface area (Å²) in [5.41, 5.74) is 0.565. The molecule has 0 aromatic heterocycles. The molecule has 130 valence electrons. The molecule has 1 aliphatic heterocycles. The van der Waals surface area contributed by atoms with Gasteiger partial charge in [-0.2, -0.15) is 0 Å². The molecule has 0 spiro atoms. The van der Waals surface area contributed by atoms with Crippen LogP contribution in [0.2, 0.25) is 0 Å². The second-order valence-electron chi connectivity index (χ2n) is 6.06. The third-order valence-electron chi connectivity index (χ3n) is 4.51. The van der Waals surface area contributed by atoms with E-state index in [1.165, 1.54) is 0 Å². The van der Waals surface area contributed by atoms with Crippen molar-refractivity contribution in [2.45, 2.75) is 45.1 Å². The average Bonchev–Trinajstić information content (AvgIpc) is 3.26. The number of ether oxygens (including phenoxy) is 3. The molecule has 0 radical (unpaired) electrons. The fourth-order valence-corrected chi connectivity index (χ4v) is 3.31. The molecule has 1 aromatic carbocycles. The molecule has 24 heavy (non-hydrogen) atoms. The third kappa shape index (κ3) is 3.63. The molecule has 2 aliphatic rings. The Labute approximate surface area is 141 Å². The maximum atomic E-state index is 13.0. The van der Waals surface area contributed by atoms with Crippen LogP contribution in [0, 0.1) is 0 Å². The van der Waals surface area contributed by atoms with E-state index >= 15 is 0 Å². The molecule has 1 aromatic rings. The van der Waals surface area contributed by atoms with Gasteiger partial charge in [-0.05, 0) is 38.0 Å². The lowest BCUT2D eigenvalue weighted by Crippen LogP contribution is -2.40. The lowest BCUT2D eigenvalue weighted by molar-refractivity contribution is -0.143. The summed E-state index contributed by atoms with van der Waals surface area (Å²) in [6, 6.07) is 5.42. The number of hydrogen-bond donors (Lipinski definition) is 0. The van der Waals surface area contributed by atoms with Gasteiger partial charge in [0.25, 0.3) is 5.91 Å². The largest absolute Gasteiger partial charge is 0.466 e. The second-order valence-corrected chi connectivity index (χ2v) is 6.06. The predicted molar refractivity (Wildman–Crippen MR) is 87.1 cm³/mol. The van der Waals surface area contributed by atoms with Gasteiger partial charge in [0.15, 0.2) is 11.5 Å². The molecule has 0 N–H and O–H groups in total. The molecule has 0 bridgehead atoms. The van der Waals surface area contributed by atoms with E-state index in [0.29, 0.717) is 30.2 Å². The molecular weight excluding hydrogens is 310 g/mol. The van der Waals surface area contributed by atoms with E-state index in [-0.39, 0.29) is 31.1 Å². The van der Waals surface area contributed by atoms with Gasteiger partial charge >= 0.3 is 5.97 Å². The smallest absolute Gasteiger partial charge is 0.307 e. The van der Waals surface area contributed by atoms with Gasteiger partial charge in [-0.3, -0.25) is 9.59 Å². The van der Waals surface area contributed by atoms with Crippen LogP contribution < -0.4 is 9.47 Å². The van der Waals surface area contributed by atoms with E-state index < -0.39 is 0 Å². The van der Waals surface area contributed by atoms with E-state index in [2.05, 4.69) is 0 Å². The number of esters is 1. The van der Waals surface area contributed by atoms with E-state index in [4.69, 9.17) is 14.2 Å². The van der Waals surface area contributed by atoms with Crippen LogP contribution in [0.4, 0.5) is 0 Å². The van der Waals surface area contributed by atoms with E-state index in [1.54, 1.807) is 25.1 Å². The van der Waals surface area contributed by atoms with E-state index in [9.17, 15) is 9.59 Å². The molecule has 1 saturated carbocycles. The number of carbonyl (C=O) groups is 2.